The third-order valence-electron chi connectivity index (χ3n) is 2.05. The molecule has 1 aliphatic rings. The van der Waals surface area contributed by atoms with Crippen molar-refractivity contribution in [3.05, 3.63) is 0 Å². The number of nitrogens with zero attached hydrogens (tertiary/aromatic N) is 1. The van der Waals surface area contributed by atoms with Crippen LogP contribution in [0.1, 0.15) is 12.8 Å². The van der Waals surface area contributed by atoms with Crippen molar-refractivity contribution in [2.24, 2.45) is 5.73 Å². The van der Waals surface area contributed by atoms with Crippen LogP contribution in [0.4, 0.5) is 0 Å². The summed E-state index contributed by atoms with van der Waals surface area (Å²) in [5.74, 6) is 0. The molecule has 4 heteroatoms. The van der Waals surface area contributed by atoms with E-state index in [0.717, 1.165) is 32.3 Å². The smallest absolute Gasteiger partial charge is 0.209 e. The van der Waals surface area contributed by atoms with Crippen LogP contribution in [0.15, 0.2) is 0 Å². The first-order valence-electron chi connectivity index (χ1n) is 4.38. The van der Waals surface area contributed by atoms with E-state index in [9.17, 15) is 4.79 Å². The third kappa shape index (κ3) is 2.79. The van der Waals surface area contributed by atoms with Gasteiger partial charge in [-0.05, 0) is 19.4 Å². The summed E-state index contributed by atoms with van der Waals surface area (Å²) in [5.41, 5.74) is 5.37. The fourth-order valence-corrected chi connectivity index (χ4v) is 1.36. The molecular formula is C8H16N2O2. The highest BCUT2D eigenvalue weighted by Crippen LogP contribution is 2.08. The molecule has 0 bridgehead atoms. The SMILES string of the molecule is NCCC[C@H]1CN(C=O)CCO1. The molecule has 1 fully saturated rings. The van der Waals surface area contributed by atoms with E-state index in [1.165, 1.54) is 0 Å². The zero-order valence-corrected chi connectivity index (χ0v) is 7.24. The maximum absolute atomic E-state index is 10.4. The molecule has 2 N–H and O–H groups in total. The minimum Gasteiger partial charge on any atom is -0.375 e. The summed E-state index contributed by atoms with van der Waals surface area (Å²) in [7, 11) is 0. The first-order chi connectivity index (χ1) is 5.86. The highest BCUT2D eigenvalue weighted by Gasteiger charge is 2.17. The standard InChI is InChI=1S/C8H16N2O2/c9-3-1-2-8-6-10(7-11)4-5-12-8/h7-8H,1-6,9H2/t8-/m0/s1. The van der Waals surface area contributed by atoms with Crippen molar-refractivity contribution >= 4 is 6.41 Å². The first kappa shape index (κ1) is 9.48. The van der Waals surface area contributed by atoms with Gasteiger partial charge in [-0.2, -0.15) is 0 Å². The van der Waals surface area contributed by atoms with Crippen molar-refractivity contribution in [2.75, 3.05) is 26.2 Å². The monoisotopic (exact) mass is 172 g/mol. The Morgan fingerprint density at radius 1 is 1.67 bits per heavy atom. The van der Waals surface area contributed by atoms with Gasteiger partial charge in [0.25, 0.3) is 0 Å². The van der Waals surface area contributed by atoms with E-state index >= 15 is 0 Å². The summed E-state index contributed by atoms with van der Waals surface area (Å²) in [4.78, 5) is 12.2. The van der Waals surface area contributed by atoms with Crippen LogP contribution in [-0.4, -0.2) is 43.7 Å². The number of hydrogen-bond donors (Lipinski definition) is 1. The molecule has 1 atom stereocenters. The van der Waals surface area contributed by atoms with Gasteiger partial charge in [0.15, 0.2) is 0 Å². The van der Waals surface area contributed by atoms with Crippen molar-refractivity contribution in [3.63, 3.8) is 0 Å². The van der Waals surface area contributed by atoms with Gasteiger partial charge in [0, 0.05) is 13.1 Å². The summed E-state index contributed by atoms with van der Waals surface area (Å²) >= 11 is 0. The van der Waals surface area contributed by atoms with Gasteiger partial charge in [0.2, 0.25) is 6.41 Å². The normalized spacial score (nSPS) is 24.1. The molecule has 0 saturated carbocycles. The van der Waals surface area contributed by atoms with Gasteiger partial charge in [0.1, 0.15) is 0 Å². The van der Waals surface area contributed by atoms with Crippen LogP contribution in [0, 0.1) is 0 Å². The fourth-order valence-electron chi connectivity index (χ4n) is 1.36. The largest absolute Gasteiger partial charge is 0.375 e. The van der Waals surface area contributed by atoms with E-state index in [1.54, 1.807) is 4.90 Å². The van der Waals surface area contributed by atoms with Crippen LogP contribution in [0.25, 0.3) is 0 Å². The van der Waals surface area contributed by atoms with Crippen molar-refractivity contribution in [1.82, 2.24) is 4.90 Å². The molecule has 0 aromatic rings. The molecule has 1 rings (SSSR count). The molecule has 0 aliphatic carbocycles. The predicted octanol–water partition coefficient (Wildman–Crippen LogP) is -0.417. The minimum atomic E-state index is 0.201. The number of ether oxygens (including phenoxy) is 1. The van der Waals surface area contributed by atoms with Crippen molar-refractivity contribution in [3.8, 4) is 0 Å². The summed E-state index contributed by atoms with van der Waals surface area (Å²) < 4.78 is 5.46. The molecule has 70 valence electrons. The lowest BCUT2D eigenvalue weighted by Gasteiger charge is -2.30. The van der Waals surface area contributed by atoms with E-state index in [-0.39, 0.29) is 6.10 Å². The summed E-state index contributed by atoms with van der Waals surface area (Å²) in [6, 6.07) is 0. The number of hydrogen-bond acceptors (Lipinski definition) is 3. The third-order valence-corrected chi connectivity index (χ3v) is 2.05. The Kier molecular flexibility index (Phi) is 4.04. The maximum Gasteiger partial charge on any atom is 0.209 e. The second-order valence-electron chi connectivity index (χ2n) is 3.02. The van der Waals surface area contributed by atoms with Crippen molar-refractivity contribution < 1.29 is 9.53 Å². The number of rotatable bonds is 4. The van der Waals surface area contributed by atoms with Crippen LogP contribution in [0.5, 0.6) is 0 Å². The molecule has 0 spiro atoms. The molecule has 1 saturated heterocycles. The average Bonchev–Trinajstić information content (AvgIpc) is 2.15. The zero-order chi connectivity index (χ0) is 8.81. The fraction of sp³-hybridized carbons (Fsp3) is 0.875. The van der Waals surface area contributed by atoms with Gasteiger partial charge in [-0.25, -0.2) is 0 Å². The Hall–Kier alpha value is -0.610. The molecule has 0 radical (unpaired) electrons. The molecule has 0 unspecified atom stereocenters. The molecule has 1 heterocycles. The average molecular weight is 172 g/mol. The van der Waals surface area contributed by atoms with Gasteiger partial charge in [-0.3, -0.25) is 4.79 Å². The Bertz CT molecular complexity index is 141. The van der Waals surface area contributed by atoms with Crippen LogP contribution >= 0.6 is 0 Å². The Morgan fingerprint density at radius 2 is 2.50 bits per heavy atom. The van der Waals surface area contributed by atoms with Crippen molar-refractivity contribution in [1.29, 1.82) is 0 Å². The number of carbonyl (C=O) groups excluding carboxylic acids is 1. The first-order valence-corrected chi connectivity index (χ1v) is 4.38. The summed E-state index contributed by atoms with van der Waals surface area (Å²) in [6.07, 6.45) is 3.02. The van der Waals surface area contributed by atoms with Gasteiger partial charge < -0.3 is 15.4 Å². The van der Waals surface area contributed by atoms with E-state index < -0.39 is 0 Å². The van der Waals surface area contributed by atoms with Crippen LogP contribution in [-0.2, 0) is 9.53 Å². The van der Waals surface area contributed by atoms with Crippen LogP contribution in [0.3, 0.4) is 0 Å². The highest BCUT2D eigenvalue weighted by molar-refractivity contribution is 5.47. The molecule has 4 nitrogen and oxygen atoms in total. The molecule has 0 aromatic heterocycles. The minimum absolute atomic E-state index is 0.201. The highest BCUT2D eigenvalue weighted by atomic mass is 16.5. The Balaban J connectivity index is 2.20. The zero-order valence-electron chi connectivity index (χ0n) is 7.24. The maximum atomic E-state index is 10.4. The van der Waals surface area contributed by atoms with Gasteiger partial charge in [0.05, 0.1) is 12.7 Å². The molecule has 12 heavy (non-hydrogen) atoms. The van der Waals surface area contributed by atoms with Crippen molar-refractivity contribution in [2.45, 2.75) is 18.9 Å². The predicted molar refractivity (Wildman–Crippen MR) is 45.7 cm³/mol. The van der Waals surface area contributed by atoms with E-state index in [0.29, 0.717) is 13.2 Å². The van der Waals surface area contributed by atoms with E-state index in [4.69, 9.17) is 10.5 Å². The van der Waals surface area contributed by atoms with Gasteiger partial charge in [-0.1, -0.05) is 0 Å². The van der Waals surface area contributed by atoms with E-state index in [1.807, 2.05) is 0 Å². The van der Waals surface area contributed by atoms with Crippen LogP contribution in [0.2, 0.25) is 0 Å². The number of amides is 1. The topological polar surface area (TPSA) is 55.6 Å². The Morgan fingerprint density at radius 3 is 3.17 bits per heavy atom. The lowest BCUT2D eigenvalue weighted by Crippen LogP contribution is -2.41. The molecule has 0 aromatic carbocycles. The van der Waals surface area contributed by atoms with Crippen LogP contribution < -0.4 is 5.73 Å². The van der Waals surface area contributed by atoms with Gasteiger partial charge in [-0.15, -0.1) is 0 Å². The summed E-state index contributed by atoms with van der Waals surface area (Å²) in [5, 5.41) is 0. The Labute approximate surface area is 72.7 Å². The molecule has 1 aliphatic heterocycles. The lowest BCUT2D eigenvalue weighted by atomic mass is 10.1. The second-order valence-corrected chi connectivity index (χ2v) is 3.02. The summed E-state index contributed by atoms with van der Waals surface area (Å²) in [6.45, 7) is 2.81. The number of nitrogens with two attached hydrogens (primary N) is 1. The molecular weight excluding hydrogens is 156 g/mol. The second kappa shape index (κ2) is 5.11. The number of carbonyl (C=O) groups is 1. The van der Waals surface area contributed by atoms with E-state index in [2.05, 4.69) is 0 Å². The molecule has 1 amide bonds. The quantitative estimate of drug-likeness (QED) is 0.586. The lowest BCUT2D eigenvalue weighted by molar-refractivity contribution is -0.125. The van der Waals surface area contributed by atoms with Gasteiger partial charge >= 0.3 is 0 Å². The number of morpholine rings is 1.